The van der Waals surface area contributed by atoms with Gasteiger partial charge in [0.25, 0.3) is 0 Å². The predicted octanol–water partition coefficient (Wildman–Crippen LogP) is 3.10. The SMILES string of the molecule is O=C(O)/C=C/c1ccccc1COCCC1CC1. The average Bonchev–Trinajstić information content (AvgIpc) is 3.17. The monoisotopic (exact) mass is 246 g/mol. The Morgan fingerprint density at radius 3 is 2.89 bits per heavy atom. The molecular weight excluding hydrogens is 228 g/mol. The molecule has 1 saturated carbocycles. The van der Waals surface area contributed by atoms with Crippen molar-refractivity contribution in [2.24, 2.45) is 5.92 Å². The van der Waals surface area contributed by atoms with Crippen LogP contribution in [0.25, 0.3) is 6.08 Å². The fraction of sp³-hybridized carbons (Fsp3) is 0.400. The molecule has 2 rings (SSSR count). The zero-order valence-electron chi connectivity index (χ0n) is 10.3. The molecule has 0 radical (unpaired) electrons. The van der Waals surface area contributed by atoms with Crippen molar-refractivity contribution in [1.82, 2.24) is 0 Å². The van der Waals surface area contributed by atoms with E-state index >= 15 is 0 Å². The molecule has 0 heterocycles. The maximum Gasteiger partial charge on any atom is 0.328 e. The van der Waals surface area contributed by atoms with Crippen LogP contribution in [-0.2, 0) is 16.1 Å². The zero-order valence-corrected chi connectivity index (χ0v) is 10.3. The van der Waals surface area contributed by atoms with Crippen LogP contribution in [-0.4, -0.2) is 17.7 Å². The number of carboxylic acids is 1. The van der Waals surface area contributed by atoms with Gasteiger partial charge in [0.05, 0.1) is 6.61 Å². The summed E-state index contributed by atoms with van der Waals surface area (Å²) in [6.07, 6.45) is 6.61. The second-order valence-electron chi connectivity index (χ2n) is 4.66. The van der Waals surface area contributed by atoms with E-state index in [-0.39, 0.29) is 0 Å². The van der Waals surface area contributed by atoms with E-state index in [1.807, 2.05) is 24.3 Å². The summed E-state index contributed by atoms with van der Waals surface area (Å²) in [7, 11) is 0. The number of rotatable bonds is 7. The van der Waals surface area contributed by atoms with E-state index in [4.69, 9.17) is 9.84 Å². The van der Waals surface area contributed by atoms with Crippen LogP contribution in [0, 0.1) is 5.92 Å². The summed E-state index contributed by atoms with van der Waals surface area (Å²) < 4.78 is 5.64. The van der Waals surface area contributed by atoms with Crippen LogP contribution in [0.5, 0.6) is 0 Å². The van der Waals surface area contributed by atoms with Gasteiger partial charge in [0, 0.05) is 12.7 Å². The zero-order chi connectivity index (χ0) is 12.8. The Morgan fingerprint density at radius 2 is 2.17 bits per heavy atom. The molecule has 0 amide bonds. The molecule has 1 N–H and O–H groups in total. The third kappa shape index (κ3) is 4.34. The number of benzene rings is 1. The van der Waals surface area contributed by atoms with Crippen molar-refractivity contribution in [2.45, 2.75) is 25.9 Å². The van der Waals surface area contributed by atoms with Crippen LogP contribution in [0.3, 0.4) is 0 Å². The van der Waals surface area contributed by atoms with E-state index in [0.717, 1.165) is 36.1 Å². The number of aliphatic carboxylic acids is 1. The van der Waals surface area contributed by atoms with Crippen LogP contribution in [0.4, 0.5) is 0 Å². The Labute approximate surface area is 107 Å². The van der Waals surface area contributed by atoms with Crippen LogP contribution >= 0.6 is 0 Å². The van der Waals surface area contributed by atoms with Crippen LogP contribution in [0.2, 0.25) is 0 Å². The standard InChI is InChI=1S/C15H18O3/c16-15(17)8-7-13-3-1-2-4-14(13)11-18-10-9-12-5-6-12/h1-4,7-8,12H,5-6,9-11H2,(H,16,17)/b8-7+. The topological polar surface area (TPSA) is 46.5 Å². The van der Waals surface area contributed by atoms with Crippen molar-refractivity contribution in [3.05, 3.63) is 41.5 Å². The molecule has 1 aromatic rings. The van der Waals surface area contributed by atoms with Gasteiger partial charge in [0.1, 0.15) is 0 Å². The van der Waals surface area contributed by atoms with Crippen LogP contribution in [0.15, 0.2) is 30.3 Å². The Morgan fingerprint density at radius 1 is 1.39 bits per heavy atom. The highest BCUT2D eigenvalue weighted by Crippen LogP contribution is 2.32. The second-order valence-corrected chi connectivity index (χ2v) is 4.66. The van der Waals surface area contributed by atoms with E-state index in [1.54, 1.807) is 6.08 Å². The highest BCUT2D eigenvalue weighted by molar-refractivity contribution is 5.85. The smallest absolute Gasteiger partial charge is 0.328 e. The molecule has 3 nitrogen and oxygen atoms in total. The van der Waals surface area contributed by atoms with Crippen molar-refractivity contribution in [3.8, 4) is 0 Å². The highest BCUT2D eigenvalue weighted by atomic mass is 16.5. The Hall–Kier alpha value is -1.61. The first-order chi connectivity index (χ1) is 8.75. The molecule has 0 bridgehead atoms. The lowest BCUT2D eigenvalue weighted by Crippen LogP contribution is -1.98. The molecular formula is C15H18O3. The van der Waals surface area contributed by atoms with Crippen molar-refractivity contribution in [2.75, 3.05) is 6.61 Å². The molecule has 96 valence electrons. The van der Waals surface area contributed by atoms with Gasteiger partial charge in [0.2, 0.25) is 0 Å². The predicted molar refractivity (Wildman–Crippen MR) is 70.1 cm³/mol. The van der Waals surface area contributed by atoms with Crippen LogP contribution in [0.1, 0.15) is 30.4 Å². The van der Waals surface area contributed by atoms with E-state index in [0.29, 0.717) is 6.61 Å². The Kier molecular flexibility index (Phi) is 4.53. The molecule has 1 fully saturated rings. The number of hydrogen-bond acceptors (Lipinski definition) is 2. The molecule has 1 aliphatic rings. The van der Waals surface area contributed by atoms with E-state index < -0.39 is 5.97 Å². The third-order valence-electron chi connectivity index (χ3n) is 3.09. The minimum Gasteiger partial charge on any atom is -0.478 e. The summed E-state index contributed by atoms with van der Waals surface area (Å²) in [6, 6.07) is 7.71. The van der Waals surface area contributed by atoms with Gasteiger partial charge in [-0.2, -0.15) is 0 Å². The normalized spacial score (nSPS) is 15.1. The summed E-state index contributed by atoms with van der Waals surface area (Å²) in [5.41, 5.74) is 1.94. The Balaban J connectivity index is 1.87. The first-order valence-corrected chi connectivity index (χ1v) is 6.32. The minimum atomic E-state index is -0.931. The van der Waals surface area contributed by atoms with E-state index in [2.05, 4.69) is 0 Å². The highest BCUT2D eigenvalue weighted by Gasteiger charge is 2.20. The van der Waals surface area contributed by atoms with Crippen molar-refractivity contribution in [1.29, 1.82) is 0 Å². The summed E-state index contributed by atoms with van der Waals surface area (Å²) in [5.74, 6) is -0.0494. The summed E-state index contributed by atoms with van der Waals surface area (Å²) >= 11 is 0. The second kappa shape index (κ2) is 6.36. The minimum absolute atomic E-state index is 0.548. The van der Waals surface area contributed by atoms with Crippen molar-refractivity contribution < 1.29 is 14.6 Å². The number of carboxylic acid groups (broad SMARTS) is 1. The molecule has 0 aromatic heterocycles. The molecule has 3 heteroatoms. The maximum atomic E-state index is 10.5. The van der Waals surface area contributed by atoms with E-state index in [9.17, 15) is 4.79 Å². The summed E-state index contributed by atoms with van der Waals surface area (Å²) in [4.78, 5) is 10.5. The quantitative estimate of drug-likeness (QED) is 0.594. The van der Waals surface area contributed by atoms with Crippen LogP contribution < -0.4 is 0 Å². The Bertz CT molecular complexity index is 433. The fourth-order valence-electron chi connectivity index (χ4n) is 1.83. The molecule has 1 aliphatic carbocycles. The van der Waals surface area contributed by atoms with Gasteiger partial charge in [-0.3, -0.25) is 0 Å². The summed E-state index contributed by atoms with van der Waals surface area (Å²) in [5, 5.41) is 8.63. The van der Waals surface area contributed by atoms with Gasteiger partial charge in [-0.25, -0.2) is 4.79 Å². The maximum absolute atomic E-state index is 10.5. The molecule has 1 aromatic carbocycles. The van der Waals surface area contributed by atoms with Gasteiger partial charge >= 0.3 is 5.97 Å². The first kappa shape index (κ1) is 12.8. The molecule has 0 spiro atoms. The van der Waals surface area contributed by atoms with E-state index in [1.165, 1.54) is 12.8 Å². The van der Waals surface area contributed by atoms with Crippen molar-refractivity contribution >= 4 is 12.0 Å². The largest absolute Gasteiger partial charge is 0.478 e. The average molecular weight is 246 g/mol. The molecule has 0 aliphatic heterocycles. The first-order valence-electron chi connectivity index (χ1n) is 6.32. The van der Waals surface area contributed by atoms with Gasteiger partial charge in [-0.05, 0) is 29.5 Å². The van der Waals surface area contributed by atoms with Gasteiger partial charge < -0.3 is 9.84 Å². The molecule has 18 heavy (non-hydrogen) atoms. The van der Waals surface area contributed by atoms with Gasteiger partial charge in [0.15, 0.2) is 0 Å². The van der Waals surface area contributed by atoms with Crippen molar-refractivity contribution in [3.63, 3.8) is 0 Å². The fourth-order valence-corrected chi connectivity index (χ4v) is 1.83. The lowest BCUT2D eigenvalue weighted by atomic mass is 10.1. The molecule has 0 unspecified atom stereocenters. The number of ether oxygens (including phenoxy) is 1. The number of carbonyl (C=O) groups is 1. The van der Waals surface area contributed by atoms with Gasteiger partial charge in [-0.15, -0.1) is 0 Å². The summed E-state index contributed by atoms with van der Waals surface area (Å²) in [6.45, 7) is 1.34. The lowest BCUT2D eigenvalue weighted by Gasteiger charge is -2.07. The molecule has 0 atom stereocenters. The third-order valence-corrected chi connectivity index (χ3v) is 3.09. The molecule has 0 saturated heterocycles. The van der Waals surface area contributed by atoms with Gasteiger partial charge in [-0.1, -0.05) is 37.1 Å². The lowest BCUT2D eigenvalue weighted by molar-refractivity contribution is -0.131. The number of hydrogen-bond donors (Lipinski definition) is 1.